The van der Waals surface area contributed by atoms with Gasteiger partial charge in [-0.15, -0.1) is 0 Å². The Labute approximate surface area is 207 Å². The molecule has 3 N–H and O–H groups in total. The van der Waals surface area contributed by atoms with E-state index in [-0.39, 0.29) is 23.7 Å². The summed E-state index contributed by atoms with van der Waals surface area (Å²) in [7, 11) is 1.62. The van der Waals surface area contributed by atoms with E-state index < -0.39 is 18.5 Å². The molecule has 10 heteroatoms. The molecule has 3 aromatic rings. The monoisotopic (exact) mass is 499 g/mol. The summed E-state index contributed by atoms with van der Waals surface area (Å²) in [5.74, 6) is 0.0317. The molecule has 0 spiro atoms. The number of methoxy groups -OCH3 is 1. The molecule has 2 heterocycles. The van der Waals surface area contributed by atoms with E-state index in [1.54, 1.807) is 24.1 Å². The molecular formula is C26H28F3N5O2. The number of carbonyl (C=O) groups excluding carboxylic acids is 1. The van der Waals surface area contributed by atoms with Crippen molar-refractivity contribution in [2.24, 2.45) is 5.73 Å². The number of nitrogens with one attached hydrogen (secondary N) is 1. The number of halogens is 3. The SMILES string of the molecule is COc1cc(C)c2[nH]ccc2c1CN1CCN(CCC(F)(F)F)CC1c1ccc(C(N)=O)c(C#N)c1. The van der Waals surface area contributed by atoms with Gasteiger partial charge in [0.1, 0.15) is 5.75 Å². The fourth-order valence-corrected chi connectivity index (χ4v) is 4.93. The van der Waals surface area contributed by atoms with E-state index in [1.165, 1.54) is 6.07 Å². The Morgan fingerprint density at radius 2 is 2.06 bits per heavy atom. The smallest absolute Gasteiger partial charge is 0.390 e. The van der Waals surface area contributed by atoms with E-state index >= 15 is 0 Å². The van der Waals surface area contributed by atoms with Crippen LogP contribution >= 0.6 is 0 Å². The number of piperazine rings is 1. The van der Waals surface area contributed by atoms with Gasteiger partial charge in [-0.05, 0) is 42.3 Å². The number of hydrogen-bond donors (Lipinski definition) is 2. The summed E-state index contributed by atoms with van der Waals surface area (Å²) in [6, 6.07) is 10.5. The minimum absolute atomic E-state index is 0.103. The van der Waals surface area contributed by atoms with Gasteiger partial charge >= 0.3 is 6.18 Å². The average molecular weight is 500 g/mol. The number of H-pyrrole nitrogens is 1. The summed E-state index contributed by atoms with van der Waals surface area (Å²) in [6.45, 7) is 3.73. The van der Waals surface area contributed by atoms with Gasteiger partial charge < -0.3 is 15.5 Å². The van der Waals surface area contributed by atoms with Crippen LogP contribution in [-0.2, 0) is 6.54 Å². The number of aromatic nitrogens is 1. The van der Waals surface area contributed by atoms with E-state index in [1.807, 2.05) is 31.3 Å². The zero-order valence-electron chi connectivity index (χ0n) is 20.2. The highest BCUT2D eigenvalue weighted by molar-refractivity contribution is 5.95. The van der Waals surface area contributed by atoms with E-state index in [9.17, 15) is 23.2 Å². The highest BCUT2D eigenvalue weighted by atomic mass is 19.4. The molecule has 0 aliphatic carbocycles. The lowest BCUT2D eigenvalue weighted by Crippen LogP contribution is -2.48. The number of hydrogen-bond acceptors (Lipinski definition) is 5. The molecule has 0 radical (unpaired) electrons. The first kappa shape index (κ1) is 25.5. The second-order valence-corrected chi connectivity index (χ2v) is 9.07. The van der Waals surface area contributed by atoms with Crippen LogP contribution in [0.5, 0.6) is 5.75 Å². The summed E-state index contributed by atoms with van der Waals surface area (Å²) in [4.78, 5) is 19.0. The molecule has 1 atom stereocenters. The maximum atomic E-state index is 12.9. The van der Waals surface area contributed by atoms with Gasteiger partial charge in [-0.25, -0.2) is 0 Å². The molecule has 0 saturated carbocycles. The topological polar surface area (TPSA) is 98.4 Å². The molecule has 1 fully saturated rings. The van der Waals surface area contributed by atoms with Crippen LogP contribution in [0.15, 0.2) is 36.5 Å². The number of carbonyl (C=O) groups is 1. The number of nitriles is 1. The quantitative estimate of drug-likeness (QED) is 0.506. The zero-order valence-corrected chi connectivity index (χ0v) is 20.2. The minimum atomic E-state index is -4.24. The molecule has 1 amide bonds. The van der Waals surface area contributed by atoms with Gasteiger partial charge in [0.25, 0.3) is 0 Å². The van der Waals surface area contributed by atoms with Crippen molar-refractivity contribution in [2.75, 3.05) is 33.3 Å². The van der Waals surface area contributed by atoms with Crippen LogP contribution in [0.25, 0.3) is 10.9 Å². The van der Waals surface area contributed by atoms with Crippen molar-refractivity contribution < 1.29 is 22.7 Å². The number of amides is 1. The predicted octanol–water partition coefficient (Wildman–Crippen LogP) is 4.27. The van der Waals surface area contributed by atoms with Gasteiger partial charge in [0.15, 0.2) is 0 Å². The van der Waals surface area contributed by atoms with Crippen LogP contribution in [0, 0.1) is 18.3 Å². The van der Waals surface area contributed by atoms with Crippen molar-refractivity contribution in [3.05, 3.63) is 64.3 Å². The average Bonchev–Trinajstić information content (AvgIpc) is 3.34. The maximum absolute atomic E-state index is 12.9. The number of fused-ring (bicyclic) bond motifs is 1. The maximum Gasteiger partial charge on any atom is 0.390 e. The van der Waals surface area contributed by atoms with Crippen LogP contribution in [-0.4, -0.2) is 60.2 Å². The molecule has 2 aromatic carbocycles. The standard InChI is InChI=1S/C26H28F3N5O2/c1-16-11-23(36-2)21(20-5-7-32-24(16)20)14-34-10-9-33(8-6-26(27,28)29)15-22(34)17-3-4-19(25(31)35)18(12-17)13-30/h3-5,7,11-12,22,32H,6,8-10,14-15H2,1-2H3,(H2,31,35). The molecule has 7 nitrogen and oxygen atoms in total. The number of aromatic amines is 1. The van der Waals surface area contributed by atoms with Crippen LogP contribution in [0.2, 0.25) is 0 Å². The van der Waals surface area contributed by atoms with Crippen LogP contribution in [0.4, 0.5) is 13.2 Å². The summed E-state index contributed by atoms with van der Waals surface area (Å²) in [5.41, 5.74) is 9.43. The number of aryl methyl sites for hydroxylation is 1. The molecule has 1 aliphatic rings. The molecular weight excluding hydrogens is 471 g/mol. The molecule has 4 rings (SSSR count). The number of ether oxygens (including phenoxy) is 1. The number of benzene rings is 2. The molecule has 1 unspecified atom stereocenters. The Kier molecular flexibility index (Phi) is 7.24. The molecule has 1 aliphatic heterocycles. The van der Waals surface area contributed by atoms with Gasteiger partial charge in [-0.1, -0.05) is 6.07 Å². The molecule has 1 saturated heterocycles. The van der Waals surface area contributed by atoms with E-state index in [4.69, 9.17) is 10.5 Å². The van der Waals surface area contributed by atoms with Gasteiger partial charge in [0.05, 0.1) is 30.7 Å². The van der Waals surface area contributed by atoms with Gasteiger partial charge in [0.2, 0.25) is 5.91 Å². The highest BCUT2D eigenvalue weighted by Crippen LogP contribution is 2.35. The molecule has 190 valence electrons. The summed E-state index contributed by atoms with van der Waals surface area (Å²) in [6.07, 6.45) is -3.26. The van der Waals surface area contributed by atoms with Gasteiger partial charge in [0, 0.05) is 61.4 Å². The molecule has 0 bridgehead atoms. The first-order valence-electron chi connectivity index (χ1n) is 11.6. The molecule has 36 heavy (non-hydrogen) atoms. The lowest BCUT2D eigenvalue weighted by Gasteiger charge is -2.42. The third kappa shape index (κ3) is 5.32. The van der Waals surface area contributed by atoms with Crippen molar-refractivity contribution in [3.63, 3.8) is 0 Å². The Balaban J connectivity index is 1.71. The number of alkyl halides is 3. The first-order valence-corrected chi connectivity index (χ1v) is 11.6. The summed E-state index contributed by atoms with van der Waals surface area (Å²) in [5, 5.41) is 10.6. The second kappa shape index (κ2) is 10.2. The number of primary amides is 1. The third-order valence-electron chi connectivity index (χ3n) is 6.79. The van der Waals surface area contributed by atoms with Crippen LogP contribution < -0.4 is 10.5 Å². The largest absolute Gasteiger partial charge is 0.496 e. The number of rotatable bonds is 7. The zero-order chi connectivity index (χ0) is 26.0. The fourth-order valence-electron chi connectivity index (χ4n) is 4.93. The Morgan fingerprint density at radius 3 is 2.72 bits per heavy atom. The van der Waals surface area contributed by atoms with E-state index in [0.29, 0.717) is 26.2 Å². The highest BCUT2D eigenvalue weighted by Gasteiger charge is 2.33. The van der Waals surface area contributed by atoms with Crippen LogP contribution in [0.1, 0.15) is 45.1 Å². The van der Waals surface area contributed by atoms with Crippen LogP contribution in [0.3, 0.4) is 0 Å². The van der Waals surface area contributed by atoms with Crippen molar-refractivity contribution in [3.8, 4) is 11.8 Å². The number of nitrogens with zero attached hydrogens (tertiary/aromatic N) is 3. The third-order valence-corrected chi connectivity index (χ3v) is 6.79. The normalized spacial score (nSPS) is 17.3. The van der Waals surface area contributed by atoms with Crippen molar-refractivity contribution in [1.82, 2.24) is 14.8 Å². The van der Waals surface area contributed by atoms with E-state index in [2.05, 4.69) is 9.88 Å². The Hall–Kier alpha value is -3.55. The van der Waals surface area contributed by atoms with Crippen molar-refractivity contribution in [2.45, 2.75) is 32.1 Å². The lowest BCUT2D eigenvalue weighted by molar-refractivity contribution is -0.139. The molecule has 1 aromatic heterocycles. The number of nitrogens with two attached hydrogens (primary N) is 1. The lowest BCUT2D eigenvalue weighted by atomic mass is 9.95. The van der Waals surface area contributed by atoms with E-state index in [0.717, 1.165) is 33.3 Å². The fraction of sp³-hybridized carbons (Fsp3) is 0.385. The second-order valence-electron chi connectivity index (χ2n) is 9.07. The predicted molar refractivity (Wildman–Crippen MR) is 130 cm³/mol. The minimum Gasteiger partial charge on any atom is -0.496 e. The first-order chi connectivity index (χ1) is 17.1. The Bertz CT molecular complexity index is 1310. The Morgan fingerprint density at radius 1 is 1.28 bits per heavy atom. The van der Waals surface area contributed by atoms with Crippen molar-refractivity contribution in [1.29, 1.82) is 5.26 Å². The van der Waals surface area contributed by atoms with Gasteiger partial charge in [-0.2, -0.15) is 18.4 Å². The summed E-state index contributed by atoms with van der Waals surface area (Å²) >= 11 is 0. The summed E-state index contributed by atoms with van der Waals surface area (Å²) < 4.78 is 44.4. The van der Waals surface area contributed by atoms with Gasteiger partial charge in [-0.3, -0.25) is 14.6 Å². The van der Waals surface area contributed by atoms with Crippen molar-refractivity contribution >= 4 is 16.8 Å².